The second-order valence-electron chi connectivity index (χ2n) is 19.1. The van der Waals surface area contributed by atoms with Crippen LogP contribution in [0.5, 0.6) is 0 Å². The summed E-state index contributed by atoms with van der Waals surface area (Å²) in [5.41, 5.74) is 2.25. The van der Waals surface area contributed by atoms with Crippen LogP contribution in [0.3, 0.4) is 0 Å². The van der Waals surface area contributed by atoms with E-state index < -0.39 is 41.2 Å². The number of carbonyl (C=O) groups excluding carboxylic acids is 1. The molecule has 0 aromatic heterocycles. The number of carbonyl (C=O) groups is 1. The Morgan fingerprint density at radius 1 is 0.675 bits per heavy atom. The third-order valence-electron chi connectivity index (χ3n) is 12.5. The first-order valence-electron chi connectivity index (χ1n) is 25.7. The van der Waals surface area contributed by atoms with Crippen LogP contribution in [-0.4, -0.2) is 188 Å². The normalized spacial score (nSPS) is 16.3. The summed E-state index contributed by atoms with van der Waals surface area (Å²) in [7, 11) is -8.24. The van der Waals surface area contributed by atoms with Gasteiger partial charge in [-0.1, -0.05) is 32.9 Å². The lowest BCUT2D eigenvalue weighted by atomic mass is 9.78. The van der Waals surface area contributed by atoms with Crippen molar-refractivity contribution in [2.24, 2.45) is 0 Å². The molecule has 21 nitrogen and oxygen atoms in total. The molecule has 0 saturated heterocycles. The zero-order valence-electron chi connectivity index (χ0n) is 45.7. The van der Waals surface area contributed by atoms with Gasteiger partial charge in [0.2, 0.25) is 5.36 Å². The van der Waals surface area contributed by atoms with Crippen LogP contribution in [-0.2, 0) is 92.2 Å². The van der Waals surface area contributed by atoms with Crippen LogP contribution in [0.2, 0.25) is 0 Å². The number of anilines is 1. The predicted molar refractivity (Wildman–Crippen MR) is 291 cm³/mol. The third kappa shape index (κ3) is 22.2. The van der Waals surface area contributed by atoms with Crippen molar-refractivity contribution in [1.82, 2.24) is 4.58 Å². The summed E-state index contributed by atoms with van der Waals surface area (Å²) in [6, 6.07) is 12.2. The highest BCUT2D eigenvalue weighted by atomic mass is 32.2. The second-order valence-corrected chi connectivity index (χ2v) is 24.2. The van der Waals surface area contributed by atoms with Gasteiger partial charge in [0, 0.05) is 66.9 Å². The molecule has 4 rings (SSSR count). The van der Waals surface area contributed by atoms with Crippen LogP contribution >= 0.6 is 0 Å². The molecule has 1 N–H and O–H groups in total. The van der Waals surface area contributed by atoms with Gasteiger partial charge in [-0.3, -0.25) is 12.9 Å². The van der Waals surface area contributed by atoms with Crippen molar-refractivity contribution in [3.05, 3.63) is 82.6 Å². The number of allylic oxidation sites excluding steroid dienone is 3. The highest BCUT2D eigenvalue weighted by molar-refractivity contribution is 7.87. The molecule has 0 amide bonds. The van der Waals surface area contributed by atoms with Gasteiger partial charge < -0.3 is 52.0 Å². The largest absolute Gasteiger partial charge is 0.460 e. The summed E-state index contributed by atoms with van der Waals surface area (Å²) in [6.07, 6.45) is 7.72. The van der Waals surface area contributed by atoms with Gasteiger partial charge in [0.1, 0.15) is 31.0 Å². The minimum absolute atomic E-state index is 0.171. The molecule has 1 unspecified atom stereocenters. The highest BCUT2D eigenvalue weighted by Gasteiger charge is 2.44. The zero-order valence-corrected chi connectivity index (χ0v) is 48.2. The first-order chi connectivity index (χ1) is 36.7. The molecule has 3 aliphatic rings. The topological polar surface area (TPSA) is 251 Å². The minimum atomic E-state index is -4.61. The summed E-state index contributed by atoms with van der Waals surface area (Å²) in [5, 5.41) is 0.787. The molecule has 1 atom stereocenters. The number of nitrogens with zero attached hydrogens (tertiary/aromatic N) is 2. The van der Waals surface area contributed by atoms with E-state index in [9.17, 15) is 34.6 Å². The average Bonchev–Trinajstić information content (AvgIpc) is 3.63. The Kier molecular flexibility index (Phi) is 28.0. The molecule has 0 bridgehead atoms. The maximum Gasteiger partial charge on any atom is 0.294 e. The monoisotopic (exact) mass is 1150 g/mol. The maximum atomic E-state index is 12.6. The lowest BCUT2D eigenvalue weighted by Crippen LogP contribution is -2.35. The quantitative estimate of drug-likeness (QED) is 0.0263. The fourth-order valence-corrected chi connectivity index (χ4v) is 10.0. The first kappa shape index (κ1) is 65.5. The summed E-state index contributed by atoms with van der Waals surface area (Å²) in [5.74, 6) is 0.843. The van der Waals surface area contributed by atoms with Crippen molar-refractivity contribution in [1.29, 1.82) is 0 Å². The number of methoxy groups -OCH3 is 1. The number of hydrogen-bond donors (Lipinski definition) is 1. The van der Waals surface area contributed by atoms with Crippen molar-refractivity contribution < 1.29 is 85.3 Å². The van der Waals surface area contributed by atoms with E-state index in [0.29, 0.717) is 134 Å². The summed E-state index contributed by atoms with van der Waals surface area (Å²) in [6.45, 7) is 14.6. The third-order valence-corrected chi connectivity index (χ3v) is 15.9. The molecule has 1 aromatic rings. The molecule has 0 fully saturated rings. The smallest absolute Gasteiger partial charge is 0.294 e. The molecule has 0 radical (unpaired) electrons. The van der Waals surface area contributed by atoms with Gasteiger partial charge in [0.25, 0.3) is 30.4 Å². The van der Waals surface area contributed by atoms with Gasteiger partial charge in [-0.25, -0.2) is 4.58 Å². The van der Waals surface area contributed by atoms with E-state index in [1.807, 2.05) is 79.7 Å². The molecule has 0 spiro atoms. The van der Waals surface area contributed by atoms with Gasteiger partial charge in [-0.05, 0) is 67.3 Å². The van der Waals surface area contributed by atoms with Crippen molar-refractivity contribution in [2.75, 3.05) is 156 Å². The van der Waals surface area contributed by atoms with Gasteiger partial charge in [0.15, 0.2) is 6.54 Å². The Bertz CT molecular complexity index is 2720. The Labute approximate surface area is 455 Å². The van der Waals surface area contributed by atoms with Crippen molar-refractivity contribution in [2.45, 2.75) is 69.1 Å². The van der Waals surface area contributed by atoms with E-state index in [2.05, 4.69) is 0 Å². The van der Waals surface area contributed by atoms with Crippen LogP contribution in [0, 0.1) is 0 Å². The number of fused-ring (bicyclic) bond motifs is 2. The standard InChI is InChI=1S/C53H80N2O19S3/c1-52(2,3)51-40-43(46-16-14-44(41-49(46)74-51)54(19-9-38-75(57,58)65-6)21-25-69-30-33-73-35-34-70-27-26-64-5)12-8-13-50-53(4,18-24-68-29-32-72-37-36-71-31-28-67-23-11-22-56)47-42-45(77(61,62)63)15-17-48(47)55(50)20-10-39-76(59,60)66-7/h8,12-17,22,40-42H,9-11,18-21,23-39H2,1-7H3/p+1. The fraction of sp³-hybridized carbons (Fsp3) is 0.623. The number of benzene rings is 2. The van der Waals surface area contributed by atoms with E-state index in [1.165, 1.54) is 12.1 Å². The number of aldehydes is 1. The highest BCUT2D eigenvalue weighted by Crippen LogP contribution is 2.51. The van der Waals surface area contributed by atoms with E-state index in [1.54, 1.807) is 13.2 Å². The van der Waals surface area contributed by atoms with Crippen molar-refractivity contribution in [3.8, 4) is 11.3 Å². The van der Waals surface area contributed by atoms with Gasteiger partial charge in [-0.2, -0.15) is 25.3 Å². The van der Waals surface area contributed by atoms with Crippen LogP contribution in [0.15, 0.2) is 69.6 Å². The lowest BCUT2D eigenvalue weighted by molar-refractivity contribution is -0.109. The Balaban J connectivity index is 1.68. The summed E-state index contributed by atoms with van der Waals surface area (Å²) in [4.78, 5) is 12.1. The molecule has 2 aliphatic heterocycles. The molecular formula is C53H81N2O19S3+. The van der Waals surface area contributed by atoms with Crippen molar-refractivity contribution in [3.63, 3.8) is 0 Å². The minimum Gasteiger partial charge on any atom is -0.460 e. The fourth-order valence-electron chi connectivity index (χ4n) is 8.24. The zero-order chi connectivity index (χ0) is 56.4. The maximum absolute atomic E-state index is 12.6. The predicted octanol–water partition coefficient (Wildman–Crippen LogP) is 4.85. The molecular weight excluding hydrogens is 1060 g/mol. The van der Waals surface area contributed by atoms with Gasteiger partial charge in [-0.15, -0.1) is 0 Å². The molecule has 434 valence electrons. The van der Waals surface area contributed by atoms with Crippen LogP contribution < -0.4 is 14.8 Å². The Morgan fingerprint density at radius 3 is 1.79 bits per heavy atom. The summed E-state index contributed by atoms with van der Waals surface area (Å²) >= 11 is 0. The number of ether oxygens (including phenoxy) is 8. The molecule has 77 heavy (non-hydrogen) atoms. The van der Waals surface area contributed by atoms with Crippen LogP contribution in [0.4, 0.5) is 5.69 Å². The number of hydrogen-bond acceptors (Lipinski definition) is 19. The Hall–Kier alpha value is -3.99. The molecule has 1 aliphatic carbocycles. The van der Waals surface area contributed by atoms with Crippen LogP contribution in [0.25, 0.3) is 17.4 Å². The van der Waals surface area contributed by atoms with E-state index in [-0.39, 0.29) is 49.2 Å². The van der Waals surface area contributed by atoms with Crippen molar-refractivity contribution >= 4 is 48.4 Å². The van der Waals surface area contributed by atoms with E-state index >= 15 is 0 Å². The SMILES string of the molecule is COCCOCCOCCOCC[N+](CCCS(=O)(=O)OC)=c1ccc2c(/C=C/C=C3\N(CCCS(=O)(=O)OC)c4ccc(S(=O)(=O)O)cc4C3(C)CCOCCOCCOCCOCCC=O)cc(C(C)(C)C)oc-2c1. The first-order valence-corrected chi connectivity index (χ1v) is 30.3. The summed E-state index contributed by atoms with van der Waals surface area (Å²) < 4.78 is 147. The van der Waals surface area contributed by atoms with E-state index in [4.69, 9.17) is 50.7 Å². The van der Waals surface area contributed by atoms with E-state index in [0.717, 1.165) is 42.7 Å². The lowest BCUT2D eigenvalue weighted by Gasteiger charge is -2.30. The Morgan fingerprint density at radius 2 is 1.23 bits per heavy atom. The second kappa shape index (κ2) is 32.9. The van der Waals surface area contributed by atoms with Gasteiger partial charge in [0.05, 0.1) is 123 Å². The molecule has 0 saturated carbocycles. The average molecular weight is 1150 g/mol. The van der Waals surface area contributed by atoms with Gasteiger partial charge >= 0.3 is 0 Å². The number of rotatable bonds is 40. The molecule has 2 heterocycles. The van der Waals surface area contributed by atoms with Crippen LogP contribution in [0.1, 0.15) is 70.3 Å². The molecule has 24 heteroatoms. The molecule has 1 aromatic carbocycles.